The van der Waals surface area contributed by atoms with Gasteiger partial charge in [0.15, 0.2) is 0 Å². The van der Waals surface area contributed by atoms with E-state index in [1.165, 1.54) is 7.11 Å². The molecule has 2 bridgehead atoms. The number of rotatable bonds is 2. The Kier molecular flexibility index (Phi) is 1.99. The molecular formula is C12H18O4. The maximum absolute atomic E-state index is 12.0. The molecule has 1 N–H and O–H groups in total. The van der Waals surface area contributed by atoms with E-state index in [2.05, 4.69) is 0 Å². The van der Waals surface area contributed by atoms with E-state index in [1.807, 2.05) is 20.8 Å². The fraction of sp³-hybridized carbons (Fsp3) is 0.833. The molecule has 3 aliphatic carbocycles. The molecule has 0 spiro atoms. The number of hydrogen-bond donors (Lipinski definition) is 1. The summed E-state index contributed by atoms with van der Waals surface area (Å²) in [4.78, 5) is 23.3. The van der Waals surface area contributed by atoms with Crippen molar-refractivity contribution in [1.82, 2.24) is 0 Å². The second-order valence-corrected chi connectivity index (χ2v) is 5.78. The number of fused-ring (bicyclic) bond motifs is 1. The summed E-state index contributed by atoms with van der Waals surface area (Å²) in [5, 5.41) is 9.31. The highest BCUT2D eigenvalue weighted by Crippen LogP contribution is 2.81. The molecule has 0 saturated heterocycles. The highest BCUT2D eigenvalue weighted by molar-refractivity contribution is 5.90. The molecule has 3 saturated carbocycles. The molecule has 4 nitrogen and oxygen atoms in total. The van der Waals surface area contributed by atoms with Crippen molar-refractivity contribution in [3.8, 4) is 0 Å². The molecule has 16 heavy (non-hydrogen) atoms. The lowest BCUT2D eigenvalue weighted by Crippen LogP contribution is -2.68. The highest BCUT2D eigenvalue weighted by atomic mass is 16.5. The van der Waals surface area contributed by atoms with Gasteiger partial charge in [-0.2, -0.15) is 0 Å². The standard InChI is InChI=1S/C12H18O4/c1-10(2)11(3)5-6-12(10,9(15)16-4)7(11)8(13)14/h7H,5-6H2,1-4H3,(H,13,14)/t7-,11-,12+/m0/s1. The monoisotopic (exact) mass is 226 g/mol. The summed E-state index contributed by atoms with van der Waals surface area (Å²) >= 11 is 0. The van der Waals surface area contributed by atoms with Crippen LogP contribution >= 0.6 is 0 Å². The average Bonchev–Trinajstić information content (AvgIpc) is 2.63. The molecule has 90 valence electrons. The summed E-state index contributed by atoms with van der Waals surface area (Å²) in [6, 6.07) is 0. The maximum atomic E-state index is 12.0. The normalized spacial score (nSPS) is 43.6. The molecule has 3 fully saturated rings. The van der Waals surface area contributed by atoms with Gasteiger partial charge in [-0.25, -0.2) is 0 Å². The van der Waals surface area contributed by atoms with Crippen molar-refractivity contribution in [3.63, 3.8) is 0 Å². The van der Waals surface area contributed by atoms with Crippen LogP contribution in [-0.2, 0) is 14.3 Å². The van der Waals surface area contributed by atoms with Gasteiger partial charge in [0.1, 0.15) is 0 Å². The molecule has 3 atom stereocenters. The van der Waals surface area contributed by atoms with E-state index in [-0.39, 0.29) is 16.8 Å². The maximum Gasteiger partial charge on any atom is 0.313 e. The SMILES string of the molecule is COC(=O)[C@@]12CC[C@@](C)([C@@H]1C(=O)O)C2(C)C. The Hall–Kier alpha value is -1.06. The van der Waals surface area contributed by atoms with Gasteiger partial charge >= 0.3 is 11.9 Å². The molecule has 0 aliphatic heterocycles. The van der Waals surface area contributed by atoms with Gasteiger partial charge in [-0.3, -0.25) is 9.59 Å². The molecule has 0 aromatic carbocycles. The van der Waals surface area contributed by atoms with Crippen LogP contribution in [0.15, 0.2) is 0 Å². The Balaban J connectivity index is 2.52. The van der Waals surface area contributed by atoms with Gasteiger partial charge in [0.05, 0.1) is 18.4 Å². The molecule has 3 aliphatic rings. The lowest BCUT2D eigenvalue weighted by Gasteiger charge is -2.63. The number of carbonyl (C=O) groups excluding carboxylic acids is 1. The molecule has 0 amide bonds. The van der Waals surface area contributed by atoms with E-state index in [9.17, 15) is 14.7 Å². The van der Waals surface area contributed by atoms with Crippen molar-refractivity contribution in [1.29, 1.82) is 0 Å². The number of carboxylic acid groups (broad SMARTS) is 1. The zero-order valence-corrected chi connectivity index (χ0v) is 10.2. The summed E-state index contributed by atoms with van der Waals surface area (Å²) in [5.74, 6) is -1.83. The third-order valence-corrected chi connectivity index (χ3v) is 5.51. The Morgan fingerprint density at radius 1 is 1.25 bits per heavy atom. The van der Waals surface area contributed by atoms with E-state index < -0.39 is 17.3 Å². The summed E-state index contributed by atoms with van der Waals surface area (Å²) < 4.78 is 4.83. The first-order chi connectivity index (χ1) is 7.25. The van der Waals surface area contributed by atoms with Crippen LogP contribution in [0.2, 0.25) is 0 Å². The molecular weight excluding hydrogens is 208 g/mol. The van der Waals surface area contributed by atoms with Crippen LogP contribution in [0.25, 0.3) is 0 Å². The predicted octanol–water partition coefficient (Wildman–Crippen LogP) is 1.69. The summed E-state index contributed by atoms with van der Waals surface area (Å²) in [7, 11) is 1.33. The second-order valence-electron chi connectivity index (χ2n) is 5.78. The van der Waals surface area contributed by atoms with Crippen LogP contribution in [0.5, 0.6) is 0 Å². The van der Waals surface area contributed by atoms with Gasteiger partial charge in [0.2, 0.25) is 0 Å². The van der Waals surface area contributed by atoms with E-state index in [1.54, 1.807) is 0 Å². The van der Waals surface area contributed by atoms with Crippen molar-refractivity contribution in [2.24, 2.45) is 22.2 Å². The van der Waals surface area contributed by atoms with Crippen LogP contribution in [0.1, 0.15) is 33.6 Å². The van der Waals surface area contributed by atoms with Gasteiger partial charge in [0, 0.05) is 0 Å². The highest BCUT2D eigenvalue weighted by Gasteiger charge is 2.83. The molecule has 0 radical (unpaired) electrons. The largest absolute Gasteiger partial charge is 0.481 e. The van der Waals surface area contributed by atoms with Crippen molar-refractivity contribution in [3.05, 3.63) is 0 Å². The topological polar surface area (TPSA) is 63.6 Å². The van der Waals surface area contributed by atoms with Crippen molar-refractivity contribution in [2.75, 3.05) is 7.11 Å². The number of esters is 1. The number of ether oxygens (including phenoxy) is 1. The van der Waals surface area contributed by atoms with Crippen LogP contribution in [0, 0.1) is 22.2 Å². The van der Waals surface area contributed by atoms with Crippen LogP contribution in [-0.4, -0.2) is 24.2 Å². The Morgan fingerprint density at radius 2 is 1.81 bits per heavy atom. The fourth-order valence-electron chi connectivity index (χ4n) is 4.21. The average molecular weight is 226 g/mol. The number of aliphatic carboxylic acids is 1. The van der Waals surface area contributed by atoms with Gasteiger partial charge in [-0.1, -0.05) is 20.8 Å². The minimum Gasteiger partial charge on any atom is -0.481 e. The Bertz CT molecular complexity index is 373. The van der Waals surface area contributed by atoms with E-state index in [0.717, 1.165) is 6.42 Å². The third-order valence-electron chi connectivity index (χ3n) is 5.51. The summed E-state index contributed by atoms with van der Waals surface area (Å²) in [6.45, 7) is 5.94. The zero-order valence-electron chi connectivity index (χ0n) is 10.2. The number of carbonyl (C=O) groups is 2. The lowest BCUT2D eigenvalue weighted by molar-refractivity contribution is -0.226. The minimum atomic E-state index is -0.871. The fourth-order valence-corrected chi connectivity index (χ4v) is 4.21. The molecule has 0 aromatic heterocycles. The third kappa shape index (κ3) is 0.803. The zero-order chi connectivity index (χ0) is 12.4. The van der Waals surface area contributed by atoms with Crippen LogP contribution in [0.3, 0.4) is 0 Å². The van der Waals surface area contributed by atoms with Crippen molar-refractivity contribution < 1.29 is 19.4 Å². The van der Waals surface area contributed by atoms with Crippen molar-refractivity contribution >= 4 is 11.9 Å². The lowest BCUT2D eigenvalue weighted by atomic mass is 9.38. The Labute approximate surface area is 95.0 Å². The van der Waals surface area contributed by atoms with Gasteiger partial charge < -0.3 is 9.84 Å². The molecule has 0 heterocycles. The van der Waals surface area contributed by atoms with E-state index in [4.69, 9.17) is 4.74 Å². The number of carboxylic acids is 1. The second kappa shape index (κ2) is 2.79. The first-order valence-electron chi connectivity index (χ1n) is 5.57. The van der Waals surface area contributed by atoms with Gasteiger partial charge in [-0.15, -0.1) is 0 Å². The number of hydrogen-bond acceptors (Lipinski definition) is 3. The van der Waals surface area contributed by atoms with E-state index in [0.29, 0.717) is 6.42 Å². The van der Waals surface area contributed by atoms with E-state index >= 15 is 0 Å². The Morgan fingerprint density at radius 3 is 2.19 bits per heavy atom. The smallest absolute Gasteiger partial charge is 0.313 e. The quantitative estimate of drug-likeness (QED) is 0.728. The molecule has 3 rings (SSSR count). The molecule has 4 heteroatoms. The first-order valence-corrected chi connectivity index (χ1v) is 5.57. The van der Waals surface area contributed by atoms with Crippen LogP contribution in [0.4, 0.5) is 0 Å². The summed E-state index contributed by atoms with van der Waals surface area (Å²) in [5.41, 5.74) is -1.40. The number of methoxy groups -OCH3 is 1. The minimum absolute atomic E-state index is 0.285. The predicted molar refractivity (Wildman–Crippen MR) is 56.7 cm³/mol. The van der Waals surface area contributed by atoms with Crippen LogP contribution < -0.4 is 0 Å². The van der Waals surface area contributed by atoms with Crippen molar-refractivity contribution in [2.45, 2.75) is 33.6 Å². The first kappa shape index (κ1) is 11.4. The molecule has 0 unspecified atom stereocenters. The van der Waals surface area contributed by atoms with Gasteiger partial charge in [0.25, 0.3) is 0 Å². The van der Waals surface area contributed by atoms with Gasteiger partial charge in [-0.05, 0) is 23.7 Å². The molecule has 0 aromatic rings. The summed E-state index contributed by atoms with van der Waals surface area (Å²) in [6.07, 6.45) is 1.41.